The van der Waals surface area contributed by atoms with Crippen LogP contribution in [0, 0.1) is 5.41 Å². The molecule has 2 aromatic carbocycles. The summed E-state index contributed by atoms with van der Waals surface area (Å²) in [5.74, 6) is 0.0187. The van der Waals surface area contributed by atoms with Crippen molar-refractivity contribution < 1.29 is 9.59 Å². The van der Waals surface area contributed by atoms with Crippen LogP contribution >= 0.6 is 11.8 Å². The van der Waals surface area contributed by atoms with Gasteiger partial charge in [0.05, 0.1) is 5.69 Å². The van der Waals surface area contributed by atoms with Gasteiger partial charge in [0.25, 0.3) is 0 Å². The summed E-state index contributed by atoms with van der Waals surface area (Å²) in [4.78, 5) is 26.1. The van der Waals surface area contributed by atoms with E-state index in [0.29, 0.717) is 17.8 Å². The molecule has 0 heterocycles. The number of nitrogen functional groups attached to an aromatic ring is 1. The zero-order valence-corrected chi connectivity index (χ0v) is 16.5. The molecule has 0 unspecified atom stereocenters. The van der Waals surface area contributed by atoms with Gasteiger partial charge in [0.1, 0.15) is 0 Å². The summed E-state index contributed by atoms with van der Waals surface area (Å²) < 4.78 is 0. The van der Waals surface area contributed by atoms with Crippen molar-refractivity contribution in [2.24, 2.45) is 5.41 Å². The van der Waals surface area contributed by atoms with Gasteiger partial charge in [0.15, 0.2) is 5.12 Å². The van der Waals surface area contributed by atoms with Gasteiger partial charge >= 0.3 is 0 Å². The molecule has 0 bridgehead atoms. The Morgan fingerprint density at radius 1 is 1.07 bits per heavy atom. The highest BCUT2D eigenvalue weighted by Gasteiger charge is 2.34. The molecule has 0 aliphatic heterocycles. The molecule has 27 heavy (non-hydrogen) atoms. The third-order valence-corrected chi connectivity index (χ3v) is 6.12. The number of nitrogens with two attached hydrogens (primary N) is 1. The van der Waals surface area contributed by atoms with Gasteiger partial charge in [-0.3, -0.25) is 9.59 Å². The minimum Gasteiger partial charge on any atom is -0.399 e. The van der Waals surface area contributed by atoms with Crippen molar-refractivity contribution in [3.8, 4) is 0 Å². The molecule has 4 nitrogen and oxygen atoms in total. The molecule has 1 aliphatic carbocycles. The smallest absolute Gasteiger partial charge is 0.230 e. The Balaban J connectivity index is 1.73. The van der Waals surface area contributed by atoms with Crippen LogP contribution in [0.25, 0.3) is 0 Å². The van der Waals surface area contributed by atoms with Crippen LogP contribution in [0.15, 0.2) is 53.4 Å². The molecule has 3 rings (SSSR count). The van der Waals surface area contributed by atoms with Crippen LogP contribution in [-0.2, 0) is 16.0 Å². The van der Waals surface area contributed by atoms with Crippen molar-refractivity contribution in [1.29, 1.82) is 0 Å². The topological polar surface area (TPSA) is 72.2 Å². The first kappa shape index (κ1) is 19.5. The van der Waals surface area contributed by atoms with Gasteiger partial charge < -0.3 is 11.1 Å². The first-order chi connectivity index (χ1) is 13.0. The van der Waals surface area contributed by atoms with E-state index in [1.54, 1.807) is 12.1 Å². The number of rotatable bonds is 5. The Hall–Kier alpha value is -2.27. The van der Waals surface area contributed by atoms with E-state index in [4.69, 9.17) is 5.73 Å². The molecule has 1 aliphatic rings. The SMILES string of the molecule is CC1(C(=O)Nc2cc(N)ccc2SC(=O)Cc2ccccc2)CCCCC1. The minimum absolute atomic E-state index is 0.0187. The number of carbonyl (C=O) groups is 2. The summed E-state index contributed by atoms with van der Waals surface area (Å²) in [5.41, 5.74) is 7.74. The van der Waals surface area contributed by atoms with Crippen LogP contribution in [-0.4, -0.2) is 11.0 Å². The zero-order valence-electron chi connectivity index (χ0n) is 15.7. The molecule has 0 radical (unpaired) electrons. The minimum atomic E-state index is -0.348. The van der Waals surface area contributed by atoms with Crippen LogP contribution in [0.2, 0.25) is 0 Å². The maximum atomic E-state index is 12.9. The van der Waals surface area contributed by atoms with Crippen LogP contribution < -0.4 is 11.1 Å². The van der Waals surface area contributed by atoms with Gasteiger partial charge in [-0.15, -0.1) is 0 Å². The Morgan fingerprint density at radius 3 is 2.48 bits per heavy atom. The van der Waals surface area contributed by atoms with Crippen molar-refractivity contribution >= 4 is 34.2 Å². The lowest BCUT2D eigenvalue weighted by Crippen LogP contribution is -2.35. The molecular weight excluding hydrogens is 356 g/mol. The van der Waals surface area contributed by atoms with E-state index >= 15 is 0 Å². The van der Waals surface area contributed by atoms with Crippen molar-refractivity contribution in [2.45, 2.75) is 50.3 Å². The van der Waals surface area contributed by atoms with Gasteiger partial charge in [-0.2, -0.15) is 0 Å². The normalized spacial score (nSPS) is 15.9. The highest BCUT2D eigenvalue weighted by Crippen LogP contribution is 2.38. The molecule has 1 amide bonds. The summed E-state index contributed by atoms with van der Waals surface area (Å²) in [7, 11) is 0. The van der Waals surface area contributed by atoms with Crippen LogP contribution in [0.3, 0.4) is 0 Å². The summed E-state index contributed by atoms with van der Waals surface area (Å²) in [5, 5.41) is 3.07. The molecule has 142 valence electrons. The number of hydrogen-bond acceptors (Lipinski definition) is 4. The molecule has 1 saturated carbocycles. The lowest BCUT2D eigenvalue weighted by Gasteiger charge is -2.32. The molecule has 0 aromatic heterocycles. The lowest BCUT2D eigenvalue weighted by molar-refractivity contribution is -0.126. The first-order valence-electron chi connectivity index (χ1n) is 9.42. The Kier molecular flexibility index (Phi) is 6.22. The monoisotopic (exact) mass is 382 g/mol. The van der Waals surface area contributed by atoms with Crippen LogP contribution in [0.1, 0.15) is 44.6 Å². The third kappa shape index (κ3) is 5.13. The molecular formula is C22H26N2O2S. The maximum absolute atomic E-state index is 12.9. The second-order valence-corrected chi connectivity index (χ2v) is 8.57. The zero-order chi connectivity index (χ0) is 19.3. The van der Waals surface area contributed by atoms with Crippen molar-refractivity contribution in [3.05, 3.63) is 54.1 Å². The quantitative estimate of drug-likeness (QED) is 0.561. The maximum Gasteiger partial charge on any atom is 0.230 e. The van der Waals surface area contributed by atoms with Gasteiger partial charge in [0.2, 0.25) is 5.91 Å². The largest absolute Gasteiger partial charge is 0.399 e. The predicted molar refractivity (Wildman–Crippen MR) is 112 cm³/mol. The van der Waals surface area contributed by atoms with Crippen LogP contribution in [0.5, 0.6) is 0 Å². The molecule has 0 saturated heterocycles. The van der Waals surface area contributed by atoms with E-state index in [-0.39, 0.29) is 16.4 Å². The second kappa shape index (κ2) is 8.61. The Labute approximate surface area is 164 Å². The number of thioether (sulfide) groups is 1. The Bertz CT molecular complexity index is 814. The number of nitrogens with one attached hydrogen (secondary N) is 1. The fourth-order valence-corrected chi connectivity index (χ4v) is 4.33. The molecule has 0 spiro atoms. The molecule has 2 aromatic rings. The van der Waals surface area contributed by atoms with Gasteiger partial charge in [-0.05, 0) is 48.4 Å². The second-order valence-electron chi connectivity index (χ2n) is 7.47. The van der Waals surface area contributed by atoms with Gasteiger partial charge in [0, 0.05) is 22.4 Å². The number of anilines is 2. The van der Waals surface area contributed by atoms with E-state index in [0.717, 1.165) is 47.9 Å². The van der Waals surface area contributed by atoms with Crippen LogP contribution in [0.4, 0.5) is 11.4 Å². The number of carbonyl (C=O) groups excluding carboxylic acids is 2. The standard InChI is InChI=1S/C22H26N2O2S/c1-22(12-6-3-7-13-22)21(26)24-18-15-17(23)10-11-19(18)27-20(25)14-16-8-4-2-5-9-16/h2,4-5,8-11,15H,3,6-7,12-14,23H2,1H3,(H,24,26). The van der Waals surface area contributed by atoms with Crippen molar-refractivity contribution in [2.75, 3.05) is 11.1 Å². The molecule has 0 atom stereocenters. The number of benzene rings is 2. The summed E-state index contributed by atoms with van der Waals surface area (Å²) in [6.45, 7) is 2.03. The number of amides is 1. The van der Waals surface area contributed by atoms with Gasteiger partial charge in [-0.25, -0.2) is 0 Å². The van der Waals surface area contributed by atoms with E-state index in [1.165, 1.54) is 6.42 Å². The fraction of sp³-hybridized carbons (Fsp3) is 0.364. The highest BCUT2D eigenvalue weighted by atomic mass is 32.2. The summed E-state index contributed by atoms with van der Waals surface area (Å²) in [6.07, 6.45) is 5.50. The van der Waals surface area contributed by atoms with E-state index in [9.17, 15) is 9.59 Å². The molecule has 5 heteroatoms. The van der Waals surface area contributed by atoms with E-state index in [1.807, 2.05) is 43.3 Å². The Morgan fingerprint density at radius 2 is 1.78 bits per heavy atom. The molecule has 1 fully saturated rings. The average Bonchev–Trinajstić information content (AvgIpc) is 2.65. The lowest BCUT2D eigenvalue weighted by atomic mass is 9.75. The van der Waals surface area contributed by atoms with Crippen molar-refractivity contribution in [1.82, 2.24) is 0 Å². The summed E-state index contributed by atoms with van der Waals surface area (Å²) >= 11 is 1.15. The predicted octanol–water partition coefficient (Wildman–Crippen LogP) is 5.04. The van der Waals surface area contributed by atoms with Gasteiger partial charge in [-0.1, -0.05) is 56.5 Å². The fourth-order valence-electron chi connectivity index (χ4n) is 3.49. The van der Waals surface area contributed by atoms with E-state index < -0.39 is 0 Å². The number of hydrogen-bond donors (Lipinski definition) is 2. The third-order valence-electron chi connectivity index (χ3n) is 5.17. The van der Waals surface area contributed by atoms with E-state index in [2.05, 4.69) is 5.32 Å². The average molecular weight is 383 g/mol. The van der Waals surface area contributed by atoms with Crippen molar-refractivity contribution in [3.63, 3.8) is 0 Å². The highest BCUT2D eigenvalue weighted by molar-refractivity contribution is 8.13. The molecule has 3 N–H and O–H groups in total. The summed E-state index contributed by atoms with van der Waals surface area (Å²) in [6, 6.07) is 15.0. The first-order valence-corrected chi connectivity index (χ1v) is 10.2.